The molecule has 0 amide bonds. The van der Waals surface area contributed by atoms with E-state index in [2.05, 4.69) is 10.1 Å². The first-order chi connectivity index (χ1) is 9.75. The van der Waals surface area contributed by atoms with Gasteiger partial charge in [-0.05, 0) is 18.2 Å². The Bertz CT molecular complexity index is 708. The van der Waals surface area contributed by atoms with Gasteiger partial charge in [-0.1, -0.05) is 30.3 Å². The highest BCUT2D eigenvalue weighted by Gasteiger charge is 2.10. The van der Waals surface area contributed by atoms with Gasteiger partial charge in [0.2, 0.25) is 0 Å². The van der Waals surface area contributed by atoms with Crippen LogP contribution < -0.4 is 0 Å². The zero-order valence-electron chi connectivity index (χ0n) is 10.6. The lowest BCUT2D eigenvalue weighted by Crippen LogP contribution is -2.04. The number of hydrogen-bond donors (Lipinski definition) is 2. The van der Waals surface area contributed by atoms with Crippen LogP contribution >= 0.6 is 0 Å². The minimum absolute atomic E-state index is 0.379. The van der Waals surface area contributed by atoms with Crippen LogP contribution in [0, 0.1) is 0 Å². The first kappa shape index (κ1) is 12.5. The summed E-state index contributed by atoms with van der Waals surface area (Å²) in [7, 11) is 0. The van der Waals surface area contributed by atoms with Crippen LogP contribution in [0.1, 0.15) is 11.9 Å². The molecule has 2 N–H and O–H groups in total. The van der Waals surface area contributed by atoms with Crippen LogP contribution in [0.3, 0.4) is 0 Å². The van der Waals surface area contributed by atoms with Crippen molar-refractivity contribution >= 4 is 0 Å². The van der Waals surface area contributed by atoms with Crippen molar-refractivity contribution in [2.45, 2.75) is 6.29 Å². The van der Waals surface area contributed by atoms with E-state index in [1.54, 1.807) is 23.0 Å². The van der Waals surface area contributed by atoms with Crippen molar-refractivity contribution in [3.63, 3.8) is 0 Å². The number of aliphatic hydroxyl groups is 2. The third-order valence-electron chi connectivity index (χ3n) is 3.00. The summed E-state index contributed by atoms with van der Waals surface area (Å²) in [6.45, 7) is 0. The minimum atomic E-state index is -1.52. The second-order valence-corrected chi connectivity index (χ2v) is 4.32. The van der Waals surface area contributed by atoms with E-state index in [1.807, 2.05) is 36.4 Å². The molecule has 0 saturated heterocycles. The van der Waals surface area contributed by atoms with E-state index < -0.39 is 6.29 Å². The highest BCUT2D eigenvalue weighted by Crippen LogP contribution is 2.22. The van der Waals surface area contributed by atoms with Crippen molar-refractivity contribution in [3.8, 4) is 17.1 Å². The van der Waals surface area contributed by atoms with E-state index in [0.29, 0.717) is 11.4 Å². The number of aliphatic hydroxyl groups excluding tert-OH is 1. The maximum Gasteiger partial charge on any atom is 0.178 e. The second kappa shape index (κ2) is 5.24. The fourth-order valence-corrected chi connectivity index (χ4v) is 2.02. The van der Waals surface area contributed by atoms with E-state index in [0.717, 1.165) is 11.3 Å². The smallest absolute Gasteiger partial charge is 0.178 e. The van der Waals surface area contributed by atoms with Crippen LogP contribution in [-0.2, 0) is 0 Å². The van der Waals surface area contributed by atoms with Crippen molar-refractivity contribution in [2.75, 3.05) is 0 Å². The molecule has 3 rings (SSSR count). The first-order valence-corrected chi connectivity index (χ1v) is 6.17. The number of benzene rings is 1. The van der Waals surface area contributed by atoms with E-state index >= 15 is 0 Å². The molecule has 5 nitrogen and oxygen atoms in total. The largest absolute Gasteiger partial charge is 0.364 e. The summed E-state index contributed by atoms with van der Waals surface area (Å²) in [5.41, 5.74) is 2.29. The van der Waals surface area contributed by atoms with Gasteiger partial charge in [0, 0.05) is 17.3 Å². The quantitative estimate of drug-likeness (QED) is 0.711. The van der Waals surface area contributed by atoms with Crippen LogP contribution in [0.4, 0.5) is 0 Å². The van der Waals surface area contributed by atoms with E-state index in [4.69, 9.17) is 0 Å². The molecule has 0 unspecified atom stereocenters. The fourth-order valence-electron chi connectivity index (χ4n) is 2.02. The van der Waals surface area contributed by atoms with Gasteiger partial charge in [0.15, 0.2) is 12.1 Å². The molecular weight excluding hydrogens is 254 g/mol. The Balaban J connectivity index is 2.08. The second-order valence-electron chi connectivity index (χ2n) is 4.32. The molecule has 5 heteroatoms. The third kappa shape index (κ3) is 2.32. The normalized spacial score (nSPS) is 10.9. The average Bonchev–Trinajstić information content (AvgIpc) is 2.98. The molecule has 20 heavy (non-hydrogen) atoms. The zero-order chi connectivity index (χ0) is 13.9. The molecule has 2 aromatic heterocycles. The molecule has 0 aliphatic heterocycles. The van der Waals surface area contributed by atoms with Crippen molar-refractivity contribution in [1.29, 1.82) is 0 Å². The summed E-state index contributed by atoms with van der Waals surface area (Å²) in [6.07, 6.45) is 1.69. The summed E-state index contributed by atoms with van der Waals surface area (Å²) in [5, 5.41) is 22.7. The van der Waals surface area contributed by atoms with Gasteiger partial charge < -0.3 is 10.2 Å². The van der Waals surface area contributed by atoms with E-state index in [-0.39, 0.29) is 0 Å². The monoisotopic (exact) mass is 267 g/mol. The fraction of sp³-hybridized carbons (Fsp3) is 0.0667. The van der Waals surface area contributed by atoms with Gasteiger partial charge >= 0.3 is 0 Å². The third-order valence-corrected chi connectivity index (χ3v) is 3.00. The number of hydrogen-bond acceptors (Lipinski definition) is 4. The molecule has 0 radical (unpaired) electrons. The number of pyridine rings is 1. The van der Waals surface area contributed by atoms with Crippen LogP contribution in [0.15, 0.2) is 60.9 Å². The molecule has 3 aromatic rings. The summed E-state index contributed by atoms with van der Waals surface area (Å²) in [5.74, 6) is 0.541. The molecule has 0 aliphatic rings. The lowest BCUT2D eigenvalue weighted by Gasteiger charge is -2.09. The van der Waals surface area contributed by atoms with Crippen LogP contribution in [0.25, 0.3) is 17.1 Å². The molecule has 1 aromatic carbocycles. The zero-order valence-corrected chi connectivity index (χ0v) is 10.6. The number of rotatable bonds is 3. The van der Waals surface area contributed by atoms with Crippen LogP contribution in [0.5, 0.6) is 0 Å². The Labute approximate surface area is 115 Å². The number of aromatic nitrogens is 3. The Morgan fingerprint density at radius 2 is 1.75 bits per heavy atom. The van der Waals surface area contributed by atoms with Gasteiger partial charge in [-0.2, -0.15) is 5.10 Å². The maximum absolute atomic E-state index is 9.23. The van der Waals surface area contributed by atoms with E-state index in [1.165, 1.54) is 6.20 Å². The SMILES string of the molecule is OC(O)c1ccnc(-n2nccc2-c2ccccc2)c1. The molecule has 0 aliphatic carbocycles. The number of nitrogens with zero attached hydrogens (tertiary/aromatic N) is 3. The molecule has 100 valence electrons. The molecular formula is C15H13N3O2. The highest BCUT2D eigenvalue weighted by atomic mass is 16.5. The summed E-state index contributed by atoms with van der Waals surface area (Å²) in [4.78, 5) is 4.23. The Morgan fingerprint density at radius 3 is 2.50 bits per heavy atom. The summed E-state index contributed by atoms with van der Waals surface area (Å²) < 4.78 is 1.67. The first-order valence-electron chi connectivity index (χ1n) is 6.17. The highest BCUT2D eigenvalue weighted by molar-refractivity contribution is 5.61. The Kier molecular flexibility index (Phi) is 3.28. The standard InChI is InChI=1S/C15H13N3O2/c19-15(20)12-6-8-16-14(10-12)18-13(7-9-17-18)11-4-2-1-3-5-11/h1-10,15,19-20H. The lowest BCUT2D eigenvalue weighted by molar-refractivity contribution is -0.0425. The van der Waals surface area contributed by atoms with Crippen molar-refractivity contribution in [3.05, 3.63) is 66.5 Å². The van der Waals surface area contributed by atoms with Gasteiger partial charge in [0.25, 0.3) is 0 Å². The molecule has 0 fully saturated rings. The van der Waals surface area contributed by atoms with Crippen molar-refractivity contribution in [2.24, 2.45) is 0 Å². The topological polar surface area (TPSA) is 71.2 Å². The summed E-state index contributed by atoms with van der Waals surface area (Å²) >= 11 is 0. The predicted molar refractivity (Wildman–Crippen MR) is 74.0 cm³/mol. The van der Waals surface area contributed by atoms with Crippen LogP contribution in [-0.4, -0.2) is 25.0 Å². The molecule has 0 bridgehead atoms. The van der Waals surface area contributed by atoms with Gasteiger partial charge in [0.1, 0.15) is 0 Å². The Hall–Kier alpha value is -2.50. The summed E-state index contributed by atoms with van der Waals surface area (Å²) in [6, 6.07) is 14.9. The Morgan fingerprint density at radius 1 is 0.950 bits per heavy atom. The predicted octanol–water partition coefficient (Wildman–Crippen LogP) is 1.92. The lowest BCUT2D eigenvalue weighted by atomic mass is 10.1. The molecule has 0 atom stereocenters. The molecule has 0 spiro atoms. The maximum atomic E-state index is 9.23. The van der Waals surface area contributed by atoms with Gasteiger partial charge in [-0.15, -0.1) is 0 Å². The van der Waals surface area contributed by atoms with Crippen molar-refractivity contribution in [1.82, 2.24) is 14.8 Å². The molecule has 0 saturated carbocycles. The average molecular weight is 267 g/mol. The van der Waals surface area contributed by atoms with Gasteiger partial charge in [-0.3, -0.25) is 0 Å². The van der Waals surface area contributed by atoms with Crippen LogP contribution in [0.2, 0.25) is 0 Å². The van der Waals surface area contributed by atoms with E-state index in [9.17, 15) is 10.2 Å². The van der Waals surface area contributed by atoms with Crippen molar-refractivity contribution < 1.29 is 10.2 Å². The minimum Gasteiger partial charge on any atom is -0.364 e. The van der Waals surface area contributed by atoms with Gasteiger partial charge in [0.05, 0.1) is 11.9 Å². The molecule has 2 heterocycles. The van der Waals surface area contributed by atoms with Gasteiger partial charge in [-0.25, -0.2) is 9.67 Å².